The normalized spacial score (nSPS) is 24.5. The summed E-state index contributed by atoms with van der Waals surface area (Å²) in [6.07, 6.45) is -0.520. The number of benzene rings is 4. The van der Waals surface area contributed by atoms with Gasteiger partial charge in [-0.05, 0) is 33.4 Å². The molecule has 7 rings (SSSR count). The van der Waals surface area contributed by atoms with Crippen molar-refractivity contribution in [2.75, 3.05) is 0 Å². The Morgan fingerprint density at radius 2 is 0.792 bits per heavy atom. The predicted octanol–water partition coefficient (Wildman–Crippen LogP) is 8.21. The van der Waals surface area contributed by atoms with Crippen LogP contribution >= 0.6 is 15.6 Å². The van der Waals surface area contributed by atoms with Crippen LogP contribution in [0, 0.1) is 0 Å². The first-order chi connectivity index (χ1) is 23.5. The van der Waals surface area contributed by atoms with Crippen molar-refractivity contribution in [3.8, 4) is 0 Å². The molecule has 0 saturated carbocycles. The quantitative estimate of drug-likeness (QED) is 0.119. The molecule has 0 spiro atoms. The van der Waals surface area contributed by atoms with E-state index in [1.165, 1.54) is 0 Å². The average Bonchev–Trinajstić information content (AvgIpc) is 3.40. The molecule has 1 aliphatic carbocycles. The molecule has 4 aromatic rings. The minimum absolute atomic E-state index is 0.00792. The summed E-state index contributed by atoms with van der Waals surface area (Å²) in [6.45, 7) is 0.439. The maximum Gasteiger partial charge on any atom is 0.475 e. The van der Waals surface area contributed by atoms with Crippen LogP contribution in [0.15, 0.2) is 121 Å². The Morgan fingerprint density at radius 1 is 0.479 bits per heavy atom. The Hall–Kier alpha value is -3.24. The number of fused-ring (bicyclic) bond motifs is 2. The van der Waals surface area contributed by atoms with Gasteiger partial charge in [0.1, 0.15) is 24.4 Å². The van der Waals surface area contributed by atoms with Crippen molar-refractivity contribution in [1.82, 2.24) is 0 Å². The van der Waals surface area contributed by atoms with Gasteiger partial charge in [0.15, 0.2) is 0 Å². The molecule has 10 nitrogen and oxygen atoms in total. The summed E-state index contributed by atoms with van der Waals surface area (Å²) in [5.41, 5.74) is 5.16. The van der Waals surface area contributed by atoms with Crippen LogP contribution in [0.1, 0.15) is 33.4 Å². The van der Waals surface area contributed by atoms with E-state index in [2.05, 4.69) is 0 Å². The highest BCUT2D eigenvalue weighted by Crippen LogP contribution is 2.58. The molecule has 0 N–H and O–H groups in total. The molecule has 0 unspecified atom stereocenters. The van der Waals surface area contributed by atoms with E-state index in [0.29, 0.717) is 0 Å². The topological polar surface area (TPSA) is 108 Å². The van der Waals surface area contributed by atoms with Gasteiger partial charge in [-0.3, -0.25) is 27.1 Å². The van der Waals surface area contributed by atoms with E-state index in [1.54, 1.807) is 12.2 Å². The van der Waals surface area contributed by atoms with Gasteiger partial charge in [-0.15, -0.1) is 0 Å². The fraction of sp³-hybridized carbons (Fsp3) is 0.278. The minimum Gasteiger partial charge on any atom is -0.367 e. The molecular weight excluding hydrogens is 654 g/mol. The second-order valence-electron chi connectivity index (χ2n) is 11.6. The number of phosphoric acid groups is 2. The third kappa shape index (κ3) is 8.13. The number of ether oxygens (including phenoxy) is 2. The minimum atomic E-state index is -4.23. The van der Waals surface area contributed by atoms with Crippen molar-refractivity contribution < 1.29 is 45.7 Å². The van der Waals surface area contributed by atoms with Crippen molar-refractivity contribution in [3.05, 3.63) is 155 Å². The van der Waals surface area contributed by atoms with Crippen molar-refractivity contribution in [1.29, 1.82) is 0 Å². The number of rotatable bonds is 10. The number of hydrogen-bond donors (Lipinski definition) is 0. The molecule has 4 aromatic carbocycles. The summed E-state index contributed by atoms with van der Waals surface area (Å²) >= 11 is 0. The molecule has 3 aliphatic rings. The van der Waals surface area contributed by atoms with Gasteiger partial charge in [0.05, 0.1) is 39.6 Å². The summed E-state index contributed by atoms with van der Waals surface area (Å²) in [7, 11) is -8.47. The molecule has 48 heavy (non-hydrogen) atoms. The molecular formula is C36H36O10P2. The first kappa shape index (κ1) is 33.3. The SMILES string of the molecule is O=P1(O[C@@H]2[C@@H](OP3(=O)OCc4ccccc4CO3)[C@H](OCc3ccccc3)C=C[C@H]2OCc2ccccc2)OCc2ccccc2CO1. The standard InChI is InChI=1S/C36H36O10P2/c37-47(41-23-29-15-7-8-16-30(29)24-42-47)45-35-33(39-21-27-11-3-1-4-12-27)19-20-34(40-22-28-13-5-2-6-14-28)36(35)46-48(38)43-25-31-17-9-10-18-32(31)26-44-48/h1-20,33-36H,21-26H2/t33-,34-,35+,36+/m1/s1. The van der Waals surface area contributed by atoms with E-state index in [0.717, 1.165) is 33.4 Å². The van der Waals surface area contributed by atoms with Crippen molar-refractivity contribution >= 4 is 15.6 Å². The van der Waals surface area contributed by atoms with Crippen molar-refractivity contribution in [3.63, 3.8) is 0 Å². The molecule has 0 aromatic heterocycles. The first-order valence-electron chi connectivity index (χ1n) is 15.7. The van der Waals surface area contributed by atoms with Crippen molar-refractivity contribution in [2.24, 2.45) is 0 Å². The predicted molar refractivity (Wildman–Crippen MR) is 176 cm³/mol. The summed E-state index contributed by atoms with van der Waals surface area (Å²) in [6, 6.07) is 34.2. The summed E-state index contributed by atoms with van der Waals surface area (Å²) in [5, 5.41) is 0. The summed E-state index contributed by atoms with van der Waals surface area (Å²) in [4.78, 5) is 0. The van der Waals surface area contributed by atoms with Gasteiger partial charge in [-0.1, -0.05) is 121 Å². The molecule has 0 fully saturated rings. The van der Waals surface area contributed by atoms with Gasteiger partial charge in [-0.25, -0.2) is 9.13 Å². The smallest absolute Gasteiger partial charge is 0.367 e. The van der Waals surface area contributed by atoms with E-state index in [4.69, 9.17) is 36.6 Å². The Labute approximate surface area is 279 Å². The lowest BCUT2D eigenvalue weighted by Gasteiger charge is -2.39. The lowest BCUT2D eigenvalue weighted by molar-refractivity contribution is -0.126. The van der Waals surface area contributed by atoms with Gasteiger partial charge in [0.25, 0.3) is 0 Å². The van der Waals surface area contributed by atoms with Crippen LogP contribution in [0.5, 0.6) is 0 Å². The second kappa shape index (κ2) is 15.1. The van der Waals surface area contributed by atoms with Crippen LogP contribution in [-0.4, -0.2) is 24.4 Å². The Bertz CT molecular complexity index is 1610. The van der Waals surface area contributed by atoms with Crippen LogP contribution in [0.3, 0.4) is 0 Å². The van der Waals surface area contributed by atoms with Crippen LogP contribution in [0.4, 0.5) is 0 Å². The molecule has 250 valence electrons. The van der Waals surface area contributed by atoms with E-state index in [1.807, 2.05) is 109 Å². The van der Waals surface area contributed by atoms with Gasteiger partial charge in [-0.2, -0.15) is 0 Å². The number of phosphoric ester groups is 2. The maximum absolute atomic E-state index is 14.2. The Kier molecular flexibility index (Phi) is 10.5. The molecule has 12 heteroatoms. The van der Waals surface area contributed by atoms with E-state index in [-0.39, 0.29) is 39.6 Å². The third-order valence-corrected chi connectivity index (χ3v) is 11.1. The van der Waals surface area contributed by atoms with Crippen LogP contribution in [-0.2, 0) is 85.4 Å². The zero-order valence-electron chi connectivity index (χ0n) is 26.1. The lowest BCUT2D eigenvalue weighted by atomic mass is 9.96. The van der Waals surface area contributed by atoms with Crippen LogP contribution in [0.25, 0.3) is 0 Å². The second-order valence-corrected chi connectivity index (χ2v) is 14.8. The fourth-order valence-electron chi connectivity index (χ4n) is 5.65. The highest BCUT2D eigenvalue weighted by molar-refractivity contribution is 7.48. The van der Waals surface area contributed by atoms with Crippen LogP contribution in [0.2, 0.25) is 0 Å². The number of hydrogen-bond acceptors (Lipinski definition) is 10. The Morgan fingerprint density at radius 3 is 1.12 bits per heavy atom. The van der Waals surface area contributed by atoms with Gasteiger partial charge < -0.3 is 9.47 Å². The first-order valence-corrected chi connectivity index (χ1v) is 18.7. The van der Waals surface area contributed by atoms with E-state index < -0.39 is 40.1 Å². The third-order valence-electron chi connectivity index (χ3n) is 8.28. The fourth-order valence-corrected chi connectivity index (χ4v) is 8.31. The summed E-state index contributed by atoms with van der Waals surface area (Å²) < 4.78 is 77.1. The molecule has 0 saturated heterocycles. The van der Waals surface area contributed by atoms with Crippen molar-refractivity contribution in [2.45, 2.75) is 64.1 Å². The molecule has 0 radical (unpaired) electrons. The maximum atomic E-state index is 14.2. The lowest BCUT2D eigenvalue weighted by Crippen LogP contribution is -2.50. The van der Waals surface area contributed by atoms with Gasteiger partial charge >= 0.3 is 15.6 Å². The average molecular weight is 691 g/mol. The molecule has 2 aliphatic heterocycles. The molecule has 0 amide bonds. The molecule has 2 heterocycles. The monoisotopic (exact) mass is 690 g/mol. The largest absolute Gasteiger partial charge is 0.475 e. The van der Waals surface area contributed by atoms with E-state index >= 15 is 0 Å². The van der Waals surface area contributed by atoms with Crippen LogP contribution < -0.4 is 0 Å². The Balaban J connectivity index is 1.20. The zero-order chi connectivity index (χ0) is 32.8. The zero-order valence-corrected chi connectivity index (χ0v) is 27.9. The van der Waals surface area contributed by atoms with E-state index in [9.17, 15) is 9.13 Å². The highest BCUT2D eigenvalue weighted by Gasteiger charge is 2.49. The van der Waals surface area contributed by atoms with Gasteiger partial charge in [0.2, 0.25) is 0 Å². The summed E-state index contributed by atoms with van der Waals surface area (Å²) in [5.74, 6) is 0. The highest BCUT2D eigenvalue weighted by atomic mass is 31.2. The van der Waals surface area contributed by atoms with Gasteiger partial charge in [0, 0.05) is 0 Å². The molecule has 0 bridgehead atoms. The molecule has 4 atom stereocenters.